The summed E-state index contributed by atoms with van der Waals surface area (Å²) >= 11 is 0. The predicted molar refractivity (Wildman–Crippen MR) is 56.3 cm³/mol. The molecule has 16 heavy (non-hydrogen) atoms. The van der Waals surface area contributed by atoms with E-state index in [9.17, 15) is 0 Å². The quantitative estimate of drug-likeness (QED) is 0.708. The first kappa shape index (κ1) is 8.90. The summed E-state index contributed by atoms with van der Waals surface area (Å²) in [5.41, 5.74) is 2.60. The summed E-state index contributed by atoms with van der Waals surface area (Å²) in [5, 5.41) is 10.0. The molecule has 0 saturated heterocycles. The number of anilines is 2. The van der Waals surface area contributed by atoms with Crippen molar-refractivity contribution in [2.75, 3.05) is 5.32 Å². The van der Waals surface area contributed by atoms with Gasteiger partial charge in [0.25, 0.3) is 0 Å². The molecule has 2 aromatic heterocycles. The van der Waals surface area contributed by atoms with E-state index in [0.29, 0.717) is 6.01 Å². The van der Waals surface area contributed by atoms with Crippen LogP contribution in [0.15, 0.2) is 33.4 Å². The Morgan fingerprint density at radius 1 is 1.25 bits per heavy atom. The molecule has 0 aliphatic carbocycles. The van der Waals surface area contributed by atoms with Crippen molar-refractivity contribution in [3.63, 3.8) is 0 Å². The molecule has 0 fully saturated rings. The summed E-state index contributed by atoms with van der Waals surface area (Å²) in [6, 6.07) is 6.34. The van der Waals surface area contributed by atoms with E-state index in [1.807, 2.05) is 25.1 Å². The Hall–Kier alpha value is -2.37. The summed E-state index contributed by atoms with van der Waals surface area (Å²) < 4.78 is 10.4. The summed E-state index contributed by atoms with van der Waals surface area (Å²) in [4.78, 5) is 4.28. The zero-order valence-electron chi connectivity index (χ0n) is 8.47. The van der Waals surface area contributed by atoms with Crippen molar-refractivity contribution in [2.24, 2.45) is 0 Å². The molecule has 0 aliphatic heterocycles. The first-order valence-electron chi connectivity index (χ1n) is 4.72. The largest absolute Gasteiger partial charge is 0.423 e. The molecule has 6 heteroatoms. The van der Waals surface area contributed by atoms with Crippen LogP contribution in [0.5, 0.6) is 0 Å². The van der Waals surface area contributed by atoms with Gasteiger partial charge in [-0.25, -0.2) is 0 Å². The second-order valence-electron chi connectivity index (χ2n) is 3.31. The van der Waals surface area contributed by atoms with E-state index in [4.69, 9.17) is 8.83 Å². The maximum Gasteiger partial charge on any atom is 0.323 e. The highest BCUT2D eigenvalue weighted by molar-refractivity contribution is 5.78. The van der Waals surface area contributed by atoms with Gasteiger partial charge in [0.2, 0.25) is 6.39 Å². The number of rotatable bonds is 2. The standard InChI is InChI=1S/C10H8N4O2/c1-6-3-2-4-7-8(6)12-9(16-7)13-10-14-11-5-15-10/h2-5H,1H3,(H,12,13,14). The molecule has 0 aliphatic rings. The van der Waals surface area contributed by atoms with Gasteiger partial charge in [0, 0.05) is 0 Å². The van der Waals surface area contributed by atoms with Crippen molar-refractivity contribution in [3.05, 3.63) is 30.2 Å². The number of para-hydroxylation sites is 1. The average molecular weight is 216 g/mol. The van der Waals surface area contributed by atoms with Crippen molar-refractivity contribution < 1.29 is 8.83 Å². The van der Waals surface area contributed by atoms with Crippen LogP contribution in [0.1, 0.15) is 5.56 Å². The van der Waals surface area contributed by atoms with Gasteiger partial charge >= 0.3 is 12.0 Å². The fourth-order valence-electron chi connectivity index (χ4n) is 1.46. The van der Waals surface area contributed by atoms with E-state index in [1.54, 1.807) is 0 Å². The maximum atomic E-state index is 5.47. The molecule has 1 aromatic carbocycles. The monoisotopic (exact) mass is 216 g/mol. The van der Waals surface area contributed by atoms with Gasteiger partial charge in [-0.15, -0.1) is 5.10 Å². The number of hydrogen-bond acceptors (Lipinski definition) is 6. The van der Waals surface area contributed by atoms with Gasteiger partial charge in [-0.1, -0.05) is 17.2 Å². The third kappa shape index (κ3) is 1.40. The first-order chi connectivity index (χ1) is 7.83. The fourth-order valence-corrected chi connectivity index (χ4v) is 1.46. The average Bonchev–Trinajstić information content (AvgIpc) is 2.88. The zero-order chi connectivity index (χ0) is 11.0. The van der Waals surface area contributed by atoms with Gasteiger partial charge in [-0.3, -0.25) is 5.32 Å². The number of aromatic nitrogens is 3. The molecule has 3 rings (SSSR count). The number of oxazole rings is 1. The lowest BCUT2D eigenvalue weighted by molar-refractivity contribution is 0.559. The predicted octanol–water partition coefficient (Wildman–Crippen LogP) is 2.26. The van der Waals surface area contributed by atoms with Crippen LogP contribution in [-0.2, 0) is 0 Å². The highest BCUT2D eigenvalue weighted by Crippen LogP contribution is 2.23. The van der Waals surface area contributed by atoms with Crippen molar-refractivity contribution in [2.45, 2.75) is 6.92 Å². The van der Waals surface area contributed by atoms with Crippen LogP contribution in [0.4, 0.5) is 12.0 Å². The fraction of sp³-hybridized carbons (Fsp3) is 0.100. The zero-order valence-corrected chi connectivity index (χ0v) is 8.47. The molecule has 0 bridgehead atoms. The Morgan fingerprint density at radius 3 is 2.94 bits per heavy atom. The van der Waals surface area contributed by atoms with Gasteiger partial charge < -0.3 is 8.83 Å². The molecule has 0 atom stereocenters. The smallest absolute Gasteiger partial charge is 0.323 e. The molecule has 0 unspecified atom stereocenters. The third-order valence-electron chi connectivity index (χ3n) is 2.19. The van der Waals surface area contributed by atoms with E-state index in [0.717, 1.165) is 16.7 Å². The Kier molecular flexibility index (Phi) is 1.86. The first-order valence-corrected chi connectivity index (χ1v) is 4.72. The van der Waals surface area contributed by atoms with Crippen LogP contribution >= 0.6 is 0 Å². The molecule has 0 saturated carbocycles. The summed E-state index contributed by atoms with van der Waals surface area (Å²) in [7, 11) is 0. The molecule has 0 radical (unpaired) electrons. The Bertz CT molecular complexity index is 615. The lowest BCUT2D eigenvalue weighted by Gasteiger charge is -1.90. The molecule has 3 aromatic rings. The van der Waals surface area contributed by atoms with Crippen LogP contribution in [0.25, 0.3) is 11.1 Å². The maximum absolute atomic E-state index is 5.47. The molecular weight excluding hydrogens is 208 g/mol. The Morgan fingerprint density at radius 2 is 2.19 bits per heavy atom. The van der Waals surface area contributed by atoms with Crippen LogP contribution in [-0.4, -0.2) is 15.2 Å². The second kappa shape index (κ2) is 3.34. The van der Waals surface area contributed by atoms with Gasteiger partial charge in [-0.2, -0.15) is 4.98 Å². The number of nitrogens with zero attached hydrogens (tertiary/aromatic N) is 3. The second-order valence-corrected chi connectivity index (χ2v) is 3.31. The normalized spacial score (nSPS) is 10.8. The lowest BCUT2D eigenvalue weighted by atomic mass is 10.2. The number of fused-ring (bicyclic) bond motifs is 1. The highest BCUT2D eigenvalue weighted by Gasteiger charge is 2.09. The Labute approximate surface area is 90.3 Å². The number of hydrogen-bond donors (Lipinski definition) is 1. The molecule has 1 N–H and O–H groups in total. The van der Waals surface area contributed by atoms with E-state index in [2.05, 4.69) is 20.5 Å². The van der Waals surface area contributed by atoms with Gasteiger partial charge in [0.1, 0.15) is 5.52 Å². The minimum atomic E-state index is 0.254. The number of nitrogens with one attached hydrogen (secondary N) is 1. The minimum absolute atomic E-state index is 0.254. The SMILES string of the molecule is Cc1cccc2oc(Nc3nnco3)nc12. The van der Waals surface area contributed by atoms with Gasteiger partial charge in [0.05, 0.1) is 0 Å². The van der Waals surface area contributed by atoms with Gasteiger partial charge in [-0.05, 0) is 18.6 Å². The van der Waals surface area contributed by atoms with E-state index in [1.165, 1.54) is 6.39 Å². The van der Waals surface area contributed by atoms with Crippen molar-refractivity contribution in [1.82, 2.24) is 15.2 Å². The van der Waals surface area contributed by atoms with Crippen LogP contribution in [0, 0.1) is 6.92 Å². The van der Waals surface area contributed by atoms with Crippen LogP contribution in [0.2, 0.25) is 0 Å². The number of aryl methyl sites for hydroxylation is 1. The summed E-state index contributed by atoms with van der Waals surface area (Å²) in [6.07, 6.45) is 1.23. The van der Waals surface area contributed by atoms with Crippen molar-refractivity contribution >= 4 is 23.1 Å². The molecule has 0 amide bonds. The third-order valence-corrected chi connectivity index (χ3v) is 2.19. The van der Waals surface area contributed by atoms with Crippen LogP contribution in [0.3, 0.4) is 0 Å². The lowest BCUT2D eigenvalue weighted by Crippen LogP contribution is -1.89. The topological polar surface area (TPSA) is 77.0 Å². The molecule has 2 heterocycles. The molecule has 80 valence electrons. The molecular formula is C10H8N4O2. The van der Waals surface area contributed by atoms with E-state index in [-0.39, 0.29) is 6.01 Å². The van der Waals surface area contributed by atoms with Crippen molar-refractivity contribution in [3.8, 4) is 0 Å². The summed E-state index contributed by atoms with van der Waals surface area (Å²) in [5.74, 6) is 0. The molecule has 0 spiro atoms. The molecule has 6 nitrogen and oxygen atoms in total. The van der Waals surface area contributed by atoms with E-state index >= 15 is 0 Å². The summed E-state index contributed by atoms with van der Waals surface area (Å²) in [6.45, 7) is 1.97. The minimum Gasteiger partial charge on any atom is -0.423 e. The number of benzene rings is 1. The van der Waals surface area contributed by atoms with Gasteiger partial charge in [0.15, 0.2) is 5.58 Å². The van der Waals surface area contributed by atoms with E-state index < -0.39 is 0 Å². The van der Waals surface area contributed by atoms with Crippen LogP contribution < -0.4 is 5.32 Å². The van der Waals surface area contributed by atoms with Crippen molar-refractivity contribution in [1.29, 1.82) is 0 Å². The highest BCUT2D eigenvalue weighted by atomic mass is 16.4. The Balaban J connectivity index is 2.02.